The van der Waals surface area contributed by atoms with E-state index in [0.717, 1.165) is 0 Å². The quantitative estimate of drug-likeness (QED) is 0.844. The number of Topliss-reactive ketones (excluding diaryl/α,β-unsaturated/α-hetero) is 1. The summed E-state index contributed by atoms with van der Waals surface area (Å²) in [5.41, 5.74) is 0.449. The second kappa shape index (κ2) is 8.09. The monoisotopic (exact) mass is 349 g/mol. The molecule has 2 rings (SSSR count). The van der Waals surface area contributed by atoms with Crippen molar-refractivity contribution in [1.29, 1.82) is 0 Å². The molecule has 1 aliphatic rings. The van der Waals surface area contributed by atoms with Crippen molar-refractivity contribution >= 4 is 17.7 Å². The first-order valence-corrected chi connectivity index (χ1v) is 8.36. The number of piperidine rings is 1. The predicted octanol–water partition coefficient (Wildman–Crippen LogP) is 1.91. The normalized spacial score (nSPS) is 18.4. The van der Waals surface area contributed by atoms with Crippen molar-refractivity contribution in [3.8, 4) is 0 Å². The molecule has 3 amide bonds. The first-order valence-electron chi connectivity index (χ1n) is 8.36. The van der Waals surface area contributed by atoms with E-state index in [1.165, 1.54) is 29.2 Å². The van der Waals surface area contributed by atoms with E-state index in [1.54, 1.807) is 25.9 Å². The average Bonchev–Trinajstić information content (AvgIpc) is 2.61. The van der Waals surface area contributed by atoms with Gasteiger partial charge in [0.05, 0.1) is 0 Å². The number of ketones is 1. The van der Waals surface area contributed by atoms with Crippen LogP contribution in [0.3, 0.4) is 0 Å². The fourth-order valence-electron chi connectivity index (χ4n) is 2.95. The molecule has 1 N–H and O–H groups in total. The van der Waals surface area contributed by atoms with E-state index < -0.39 is 6.04 Å². The Morgan fingerprint density at radius 3 is 2.48 bits per heavy atom. The van der Waals surface area contributed by atoms with Crippen molar-refractivity contribution < 1.29 is 18.8 Å². The first-order chi connectivity index (χ1) is 11.8. The highest BCUT2D eigenvalue weighted by atomic mass is 19.1. The topological polar surface area (TPSA) is 69.7 Å². The highest BCUT2D eigenvalue weighted by Gasteiger charge is 2.30. The van der Waals surface area contributed by atoms with Crippen LogP contribution in [0.15, 0.2) is 24.3 Å². The maximum Gasteiger partial charge on any atom is 0.318 e. The molecule has 0 bridgehead atoms. The molecule has 0 spiro atoms. The Hall–Kier alpha value is -2.44. The minimum Gasteiger partial charge on any atom is -0.347 e. The second-order valence-corrected chi connectivity index (χ2v) is 6.56. The van der Waals surface area contributed by atoms with Crippen LogP contribution in [0.5, 0.6) is 0 Å². The Morgan fingerprint density at radius 1 is 1.24 bits per heavy atom. The molecule has 0 radical (unpaired) electrons. The molecule has 0 unspecified atom stereocenters. The molecular formula is C18H24FN3O3. The molecule has 25 heavy (non-hydrogen) atoms. The molecule has 1 aromatic carbocycles. The summed E-state index contributed by atoms with van der Waals surface area (Å²) >= 11 is 0. The zero-order valence-corrected chi connectivity index (χ0v) is 14.8. The number of amides is 3. The van der Waals surface area contributed by atoms with Gasteiger partial charge >= 0.3 is 6.03 Å². The smallest absolute Gasteiger partial charge is 0.318 e. The number of nitrogens with zero attached hydrogens (tertiary/aromatic N) is 2. The van der Waals surface area contributed by atoms with Crippen LogP contribution in [0, 0.1) is 11.7 Å². The van der Waals surface area contributed by atoms with Crippen molar-refractivity contribution in [2.75, 3.05) is 27.2 Å². The molecule has 0 aromatic heterocycles. The van der Waals surface area contributed by atoms with E-state index in [-0.39, 0.29) is 29.5 Å². The van der Waals surface area contributed by atoms with Crippen LogP contribution in [0.1, 0.15) is 30.1 Å². The minimum absolute atomic E-state index is 0.0880. The van der Waals surface area contributed by atoms with Crippen LogP contribution >= 0.6 is 0 Å². The summed E-state index contributed by atoms with van der Waals surface area (Å²) < 4.78 is 13.0. The van der Waals surface area contributed by atoms with Crippen molar-refractivity contribution in [2.45, 2.75) is 25.8 Å². The Kier molecular flexibility index (Phi) is 6.12. The van der Waals surface area contributed by atoms with Crippen molar-refractivity contribution in [3.05, 3.63) is 35.6 Å². The Morgan fingerprint density at radius 2 is 1.88 bits per heavy atom. The zero-order chi connectivity index (χ0) is 18.6. The lowest BCUT2D eigenvalue weighted by Crippen LogP contribution is -2.52. The lowest BCUT2D eigenvalue weighted by molar-refractivity contribution is -0.130. The van der Waals surface area contributed by atoms with Crippen LogP contribution < -0.4 is 5.32 Å². The van der Waals surface area contributed by atoms with E-state index in [9.17, 15) is 18.8 Å². The fraction of sp³-hybridized carbons (Fsp3) is 0.500. The lowest BCUT2D eigenvalue weighted by atomic mass is 9.90. The third-order valence-corrected chi connectivity index (χ3v) is 4.36. The lowest BCUT2D eigenvalue weighted by Gasteiger charge is -2.33. The number of rotatable bonds is 4. The third-order valence-electron chi connectivity index (χ3n) is 4.36. The highest BCUT2D eigenvalue weighted by Crippen LogP contribution is 2.21. The van der Waals surface area contributed by atoms with Gasteiger partial charge in [-0.25, -0.2) is 9.18 Å². The summed E-state index contributed by atoms with van der Waals surface area (Å²) in [6.07, 6.45) is 1.40. The molecule has 6 nitrogen and oxygen atoms in total. The van der Waals surface area contributed by atoms with Crippen molar-refractivity contribution in [1.82, 2.24) is 15.1 Å². The van der Waals surface area contributed by atoms with Crippen LogP contribution in [-0.4, -0.2) is 60.7 Å². The largest absolute Gasteiger partial charge is 0.347 e. The summed E-state index contributed by atoms with van der Waals surface area (Å²) in [5, 5.41) is 2.67. The molecule has 1 aromatic rings. The summed E-state index contributed by atoms with van der Waals surface area (Å²) in [6, 6.07) is 4.47. The molecule has 1 fully saturated rings. The molecule has 136 valence electrons. The van der Waals surface area contributed by atoms with Gasteiger partial charge in [-0.05, 0) is 44.0 Å². The fourth-order valence-corrected chi connectivity index (χ4v) is 2.95. The minimum atomic E-state index is -0.629. The van der Waals surface area contributed by atoms with E-state index in [4.69, 9.17) is 0 Å². The molecule has 1 saturated heterocycles. The maximum atomic E-state index is 13.0. The summed E-state index contributed by atoms with van der Waals surface area (Å²) in [5.74, 6) is -0.982. The van der Waals surface area contributed by atoms with Gasteiger partial charge in [0, 0.05) is 38.7 Å². The van der Waals surface area contributed by atoms with Crippen LogP contribution in [0.4, 0.5) is 9.18 Å². The standard InChI is InChI=1S/C18H24FN3O3/c1-12(17(24)21(2)3)20-18(25)22-10-4-5-14(11-22)16(23)13-6-8-15(19)9-7-13/h6-9,12,14H,4-5,10-11H2,1-3H3,(H,20,25)/t12-,14-/m0/s1. The van der Waals surface area contributed by atoms with E-state index in [2.05, 4.69) is 5.32 Å². The van der Waals surface area contributed by atoms with Crippen LogP contribution in [-0.2, 0) is 4.79 Å². The van der Waals surface area contributed by atoms with Gasteiger partial charge < -0.3 is 15.1 Å². The summed E-state index contributed by atoms with van der Waals surface area (Å²) in [4.78, 5) is 39.8. The number of carbonyl (C=O) groups excluding carboxylic acids is 3. The number of nitrogens with one attached hydrogen (secondary N) is 1. The van der Waals surface area contributed by atoms with Crippen LogP contribution in [0.2, 0.25) is 0 Å². The number of likely N-dealkylation sites (N-methyl/N-ethyl adjacent to an activating group) is 1. The molecule has 0 aliphatic carbocycles. The predicted molar refractivity (Wildman–Crippen MR) is 91.7 cm³/mol. The maximum absolute atomic E-state index is 13.0. The molecular weight excluding hydrogens is 325 g/mol. The Balaban J connectivity index is 1.98. The number of hydrogen-bond donors (Lipinski definition) is 1. The molecule has 7 heteroatoms. The third kappa shape index (κ3) is 4.78. The number of carbonyl (C=O) groups is 3. The van der Waals surface area contributed by atoms with Crippen LogP contribution in [0.25, 0.3) is 0 Å². The van der Waals surface area contributed by atoms with Crippen molar-refractivity contribution in [3.63, 3.8) is 0 Å². The second-order valence-electron chi connectivity index (χ2n) is 6.56. The van der Waals surface area contributed by atoms with Gasteiger partial charge in [0.2, 0.25) is 5.91 Å². The van der Waals surface area contributed by atoms with E-state index in [0.29, 0.717) is 31.5 Å². The van der Waals surface area contributed by atoms with Crippen molar-refractivity contribution in [2.24, 2.45) is 5.92 Å². The number of benzene rings is 1. The number of urea groups is 1. The number of hydrogen-bond acceptors (Lipinski definition) is 3. The Labute approximate surface area is 147 Å². The van der Waals surface area contributed by atoms with Gasteiger partial charge in [-0.3, -0.25) is 9.59 Å². The molecule has 1 heterocycles. The van der Waals surface area contributed by atoms with Gasteiger partial charge in [-0.2, -0.15) is 0 Å². The van der Waals surface area contributed by atoms with Gasteiger partial charge in [0.15, 0.2) is 5.78 Å². The Bertz CT molecular complexity index is 645. The van der Waals surface area contributed by atoms with Gasteiger partial charge in [0.1, 0.15) is 11.9 Å². The zero-order valence-electron chi connectivity index (χ0n) is 14.8. The van der Waals surface area contributed by atoms with E-state index in [1.807, 2.05) is 0 Å². The first kappa shape index (κ1) is 18.9. The van der Waals surface area contributed by atoms with Gasteiger partial charge in [-0.1, -0.05) is 0 Å². The van der Waals surface area contributed by atoms with E-state index >= 15 is 0 Å². The number of likely N-dealkylation sites (tertiary alicyclic amines) is 1. The van der Waals surface area contributed by atoms with Gasteiger partial charge in [-0.15, -0.1) is 0 Å². The average molecular weight is 349 g/mol. The summed E-state index contributed by atoms with van der Waals surface area (Å²) in [7, 11) is 3.26. The number of halogens is 1. The molecule has 1 aliphatic heterocycles. The molecule has 2 atom stereocenters. The summed E-state index contributed by atoms with van der Waals surface area (Å²) in [6.45, 7) is 2.47. The van der Waals surface area contributed by atoms with Gasteiger partial charge in [0.25, 0.3) is 0 Å². The SMILES string of the molecule is C[C@H](NC(=O)N1CCC[C@H](C(=O)c2ccc(F)cc2)C1)C(=O)N(C)C. The highest BCUT2D eigenvalue weighted by molar-refractivity contribution is 5.98. The molecule has 0 saturated carbocycles.